The molecule has 2 aromatic rings. The van der Waals surface area contributed by atoms with E-state index in [-0.39, 0.29) is 11.9 Å². The number of rotatable bonds is 7. The van der Waals surface area contributed by atoms with Crippen LogP contribution in [0.2, 0.25) is 0 Å². The molecule has 0 saturated carbocycles. The first-order valence-electron chi connectivity index (χ1n) is 7.39. The molecule has 2 rings (SSSR count). The zero-order valence-corrected chi connectivity index (χ0v) is 13.6. The number of nitrogens with one attached hydrogen (secondary N) is 1. The number of aromatic nitrogens is 2. The highest BCUT2D eigenvalue weighted by molar-refractivity contribution is 5.76. The van der Waals surface area contributed by atoms with E-state index in [4.69, 9.17) is 9.47 Å². The standard InChI is InChI=1S/C17H21N3O3/c1-12(14-5-6-15(22-2)16(8-14)23-3)20-17(21)7-4-13-9-18-11-19-10-13/h5-6,8-12H,4,7H2,1-3H3,(H,20,21). The van der Waals surface area contributed by atoms with Gasteiger partial charge in [0.2, 0.25) is 5.91 Å². The van der Waals surface area contributed by atoms with Gasteiger partial charge in [0.05, 0.1) is 20.3 Å². The molecule has 1 N–H and O–H groups in total. The Morgan fingerprint density at radius 2 is 1.87 bits per heavy atom. The van der Waals surface area contributed by atoms with Crippen LogP contribution in [0.5, 0.6) is 11.5 Å². The fraction of sp³-hybridized carbons (Fsp3) is 0.353. The minimum absolute atomic E-state index is 0.0175. The van der Waals surface area contributed by atoms with Crippen LogP contribution in [0.4, 0.5) is 0 Å². The van der Waals surface area contributed by atoms with Crippen LogP contribution in [0.1, 0.15) is 30.5 Å². The van der Waals surface area contributed by atoms with E-state index in [0.29, 0.717) is 24.3 Å². The van der Waals surface area contributed by atoms with Gasteiger partial charge in [0.15, 0.2) is 11.5 Å². The van der Waals surface area contributed by atoms with Gasteiger partial charge >= 0.3 is 0 Å². The average molecular weight is 315 g/mol. The smallest absolute Gasteiger partial charge is 0.220 e. The summed E-state index contributed by atoms with van der Waals surface area (Å²) in [5, 5.41) is 2.98. The molecule has 1 amide bonds. The van der Waals surface area contributed by atoms with E-state index < -0.39 is 0 Å². The number of benzene rings is 1. The molecule has 1 atom stereocenters. The molecule has 0 radical (unpaired) electrons. The number of aryl methyl sites for hydroxylation is 1. The summed E-state index contributed by atoms with van der Waals surface area (Å²) in [6.45, 7) is 1.94. The van der Waals surface area contributed by atoms with E-state index >= 15 is 0 Å². The van der Waals surface area contributed by atoms with Crippen LogP contribution in [-0.4, -0.2) is 30.1 Å². The lowest BCUT2D eigenvalue weighted by molar-refractivity contribution is -0.121. The third kappa shape index (κ3) is 4.67. The lowest BCUT2D eigenvalue weighted by atomic mass is 10.1. The van der Waals surface area contributed by atoms with Gasteiger partial charge in [-0.2, -0.15) is 0 Å². The fourth-order valence-corrected chi connectivity index (χ4v) is 2.24. The van der Waals surface area contributed by atoms with Crippen molar-refractivity contribution in [2.24, 2.45) is 0 Å². The number of methoxy groups -OCH3 is 2. The normalized spacial score (nSPS) is 11.6. The Kier molecular flexibility index (Phi) is 5.91. The first-order chi connectivity index (χ1) is 11.1. The maximum absolute atomic E-state index is 12.1. The first kappa shape index (κ1) is 16.7. The largest absolute Gasteiger partial charge is 0.493 e. The number of ether oxygens (including phenoxy) is 2. The molecule has 6 nitrogen and oxygen atoms in total. The van der Waals surface area contributed by atoms with E-state index in [1.807, 2.05) is 25.1 Å². The van der Waals surface area contributed by atoms with E-state index in [1.54, 1.807) is 26.6 Å². The molecule has 1 aromatic carbocycles. The van der Waals surface area contributed by atoms with Crippen LogP contribution >= 0.6 is 0 Å². The Morgan fingerprint density at radius 3 is 2.52 bits per heavy atom. The molecular formula is C17H21N3O3. The van der Waals surface area contributed by atoms with Crippen molar-refractivity contribution in [3.8, 4) is 11.5 Å². The maximum Gasteiger partial charge on any atom is 0.220 e. The molecule has 1 heterocycles. The molecule has 0 fully saturated rings. The number of amides is 1. The van der Waals surface area contributed by atoms with Gasteiger partial charge < -0.3 is 14.8 Å². The topological polar surface area (TPSA) is 73.3 Å². The molecule has 1 unspecified atom stereocenters. The summed E-state index contributed by atoms with van der Waals surface area (Å²) in [5.41, 5.74) is 1.90. The fourth-order valence-electron chi connectivity index (χ4n) is 2.24. The third-order valence-corrected chi connectivity index (χ3v) is 3.54. The Hall–Kier alpha value is -2.63. The molecule has 1 aromatic heterocycles. The van der Waals surface area contributed by atoms with E-state index in [9.17, 15) is 4.79 Å². The van der Waals surface area contributed by atoms with E-state index in [2.05, 4.69) is 15.3 Å². The lowest BCUT2D eigenvalue weighted by Crippen LogP contribution is -2.26. The zero-order chi connectivity index (χ0) is 16.7. The van der Waals surface area contributed by atoms with Gasteiger partial charge in [-0.25, -0.2) is 9.97 Å². The Morgan fingerprint density at radius 1 is 1.17 bits per heavy atom. The van der Waals surface area contributed by atoms with Gasteiger partial charge in [-0.1, -0.05) is 6.07 Å². The monoisotopic (exact) mass is 315 g/mol. The van der Waals surface area contributed by atoms with Crippen LogP contribution in [0, 0.1) is 0 Å². The maximum atomic E-state index is 12.1. The van der Waals surface area contributed by atoms with Crippen molar-refractivity contribution >= 4 is 5.91 Å². The minimum Gasteiger partial charge on any atom is -0.493 e. The highest BCUT2D eigenvalue weighted by Gasteiger charge is 2.12. The quantitative estimate of drug-likeness (QED) is 0.848. The van der Waals surface area contributed by atoms with Gasteiger partial charge in [0.1, 0.15) is 6.33 Å². The lowest BCUT2D eigenvalue weighted by Gasteiger charge is -2.16. The number of hydrogen-bond donors (Lipinski definition) is 1. The number of nitrogens with zero attached hydrogens (tertiary/aromatic N) is 2. The van der Waals surface area contributed by atoms with Gasteiger partial charge in [-0.05, 0) is 36.6 Å². The molecule has 0 aliphatic rings. The number of hydrogen-bond acceptors (Lipinski definition) is 5. The summed E-state index contributed by atoms with van der Waals surface area (Å²) in [4.78, 5) is 19.9. The second-order valence-corrected chi connectivity index (χ2v) is 5.15. The molecule has 23 heavy (non-hydrogen) atoms. The summed E-state index contributed by atoms with van der Waals surface area (Å²) >= 11 is 0. The van der Waals surface area contributed by atoms with Crippen LogP contribution in [-0.2, 0) is 11.2 Å². The van der Waals surface area contributed by atoms with Crippen molar-refractivity contribution < 1.29 is 14.3 Å². The average Bonchev–Trinajstić information content (AvgIpc) is 2.60. The van der Waals surface area contributed by atoms with Crippen molar-refractivity contribution in [2.75, 3.05) is 14.2 Å². The molecule has 0 bridgehead atoms. The zero-order valence-electron chi connectivity index (χ0n) is 13.6. The molecule has 0 saturated heterocycles. The van der Waals surface area contributed by atoms with E-state index in [1.165, 1.54) is 6.33 Å². The van der Waals surface area contributed by atoms with Gasteiger partial charge in [-0.3, -0.25) is 4.79 Å². The summed E-state index contributed by atoms with van der Waals surface area (Å²) in [7, 11) is 3.18. The van der Waals surface area contributed by atoms with Crippen LogP contribution in [0.3, 0.4) is 0 Å². The highest BCUT2D eigenvalue weighted by Crippen LogP contribution is 2.29. The highest BCUT2D eigenvalue weighted by atomic mass is 16.5. The minimum atomic E-state index is -0.116. The summed E-state index contributed by atoms with van der Waals surface area (Å²) in [5.74, 6) is 1.29. The SMILES string of the molecule is COc1ccc(C(C)NC(=O)CCc2cncnc2)cc1OC. The van der Waals surface area contributed by atoms with Gasteiger partial charge in [0, 0.05) is 18.8 Å². The van der Waals surface area contributed by atoms with Gasteiger partial charge in [0.25, 0.3) is 0 Å². The van der Waals surface area contributed by atoms with Crippen LogP contribution < -0.4 is 14.8 Å². The van der Waals surface area contributed by atoms with Crippen molar-refractivity contribution in [3.63, 3.8) is 0 Å². The number of carbonyl (C=O) groups is 1. The van der Waals surface area contributed by atoms with Crippen molar-refractivity contribution in [2.45, 2.75) is 25.8 Å². The Balaban J connectivity index is 1.93. The van der Waals surface area contributed by atoms with Crippen LogP contribution in [0.25, 0.3) is 0 Å². The molecule has 0 aliphatic carbocycles. The first-order valence-corrected chi connectivity index (χ1v) is 7.39. The molecule has 122 valence electrons. The molecular weight excluding hydrogens is 294 g/mol. The summed E-state index contributed by atoms with van der Waals surface area (Å²) in [6, 6.07) is 5.50. The van der Waals surface area contributed by atoms with Crippen LogP contribution in [0.15, 0.2) is 36.9 Å². The molecule has 0 spiro atoms. The summed E-state index contributed by atoms with van der Waals surface area (Å²) < 4.78 is 10.5. The summed E-state index contributed by atoms with van der Waals surface area (Å²) in [6.07, 6.45) is 5.93. The van der Waals surface area contributed by atoms with Crippen molar-refractivity contribution in [3.05, 3.63) is 48.0 Å². The Labute approximate surface area is 135 Å². The van der Waals surface area contributed by atoms with E-state index in [0.717, 1.165) is 11.1 Å². The predicted octanol–water partition coefficient (Wildman–Crippen LogP) is 2.30. The second kappa shape index (κ2) is 8.12. The van der Waals surface area contributed by atoms with Crippen molar-refractivity contribution in [1.82, 2.24) is 15.3 Å². The number of carbonyl (C=O) groups excluding carboxylic acids is 1. The molecule has 6 heteroatoms. The third-order valence-electron chi connectivity index (χ3n) is 3.54. The predicted molar refractivity (Wildman–Crippen MR) is 86.5 cm³/mol. The second-order valence-electron chi connectivity index (χ2n) is 5.15. The Bertz CT molecular complexity index is 647. The molecule has 0 aliphatic heterocycles. The van der Waals surface area contributed by atoms with Gasteiger partial charge in [-0.15, -0.1) is 0 Å². The van der Waals surface area contributed by atoms with Crippen molar-refractivity contribution in [1.29, 1.82) is 0 Å².